The average Bonchev–Trinajstić information content (AvgIpc) is 2.48. The van der Waals surface area contributed by atoms with E-state index >= 15 is 0 Å². The fourth-order valence-corrected chi connectivity index (χ4v) is 2.07. The lowest BCUT2D eigenvalue weighted by molar-refractivity contribution is -0.384. The third-order valence-electron chi connectivity index (χ3n) is 2.87. The van der Waals surface area contributed by atoms with Gasteiger partial charge in [0.2, 0.25) is 0 Å². The van der Waals surface area contributed by atoms with E-state index in [1.165, 1.54) is 12.1 Å². The Morgan fingerprint density at radius 1 is 1.10 bits per heavy atom. The van der Waals surface area contributed by atoms with Crippen molar-refractivity contribution >= 4 is 17.3 Å². The number of hydrogen-bond acceptors (Lipinski definition) is 3. The summed E-state index contributed by atoms with van der Waals surface area (Å²) in [6.07, 6.45) is 0.512. The van der Waals surface area contributed by atoms with Crippen molar-refractivity contribution in [2.45, 2.75) is 12.5 Å². The van der Waals surface area contributed by atoms with Gasteiger partial charge in [-0.05, 0) is 17.7 Å². The van der Waals surface area contributed by atoms with Crippen molar-refractivity contribution in [3.8, 4) is 5.75 Å². The molecule has 0 aliphatic rings. The monoisotopic (exact) mass is 291 g/mol. The van der Waals surface area contributed by atoms with Crippen LogP contribution in [0.5, 0.6) is 5.75 Å². The normalized spacial score (nSPS) is 11.8. The number of non-ortho nitro benzene ring substituents is 1. The second-order valence-electron chi connectivity index (χ2n) is 4.25. The van der Waals surface area contributed by atoms with E-state index in [0.29, 0.717) is 18.1 Å². The van der Waals surface area contributed by atoms with Gasteiger partial charge in [-0.1, -0.05) is 30.3 Å². The van der Waals surface area contributed by atoms with Crippen molar-refractivity contribution in [3.63, 3.8) is 0 Å². The Balaban J connectivity index is 2.14. The van der Waals surface area contributed by atoms with Gasteiger partial charge in [-0.15, -0.1) is 11.6 Å². The summed E-state index contributed by atoms with van der Waals surface area (Å²) in [4.78, 5) is 10.2. The van der Waals surface area contributed by atoms with Crippen LogP contribution in [-0.4, -0.2) is 10.8 Å². The van der Waals surface area contributed by atoms with E-state index in [-0.39, 0.29) is 11.8 Å². The summed E-state index contributed by atoms with van der Waals surface area (Å²) in [6, 6.07) is 15.8. The largest absolute Gasteiger partial charge is 0.486 e. The number of rotatable bonds is 6. The van der Waals surface area contributed by atoms with E-state index in [9.17, 15) is 10.1 Å². The number of hydrogen-bond donors (Lipinski definition) is 0. The number of alkyl halides is 1. The Morgan fingerprint density at radius 3 is 2.30 bits per heavy atom. The lowest BCUT2D eigenvalue weighted by Crippen LogP contribution is -2.08. The van der Waals surface area contributed by atoms with Crippen LogP contribution in [0.15, 0.2) is 54.6 Å². The Hall–Kier alpha value is -2.07. The maximum atomic E-state index is 10.6. The molecule has 104 valence electrons. The van der Waals surface area contributed by atoms with E-state index in [1.807, 2.05) is 30.3 Å². The molecule has 0 saturated heterocycles. The Labute approximate surface area is 122 Å². The molecule has 0 bridgehead atoms. The van der Waals surface area contributed by atoms with Crippen molar-refractivity contribution in [2.75, 3.05) is 5.88 Å². The topological polar surface area (TPSA) is 52.4 Å². The highest BCUT2D eigenvalue weighted by Gasteiger charge is 2.13. The zero-order valence-corrected chi connectivity index (χ0v) is 11.5. The Morgan fingerprint density at radius 2 is 1.75 bits per heavy atom. The van der Waals surface area contributed by atoms with Crippen LogP contribution in [0.3, 0.4) is 0 Å². The minimum absolute atomic E-state index is 0.0472. The molecular weight excluding hydrogens is 278 g/mol. The highest BCUT2D eigenvalue weighted by atomic mass is 35.5. The van der Waals surface area contributed by atoms with Gasteiger partial charge in [0.15, 0.2) is 0 Å². The third kappa shape index (κ3) is 3.71. The van der Waals surface area contributed by atoms with Gasteiger partial charge in [0.25, 0.3) is 5.69 Å². The first-order chi connectivity index (χ1) is 9.70. The zero-order valence-electron chi connectivity index (χ0n) is 10.7. The fraction of sp³-hybridized carbons (Fsp3) is 0.200. The molecule has 0 unspecified atom stereocenters. The van der Waals surface area contributed by atoms with E-state index in [2.05, 4.69) is 0 Å². The van der Waals surface area contributed by atoms with Gasteiger partial charge < -0.3 is 4.74 Å². The third-order valence-corrected chi connectivity index (χ3v) is 3.09. The number of nitro groups is 1. The van der Waals surface area contributed by atoms with Crippen LogP contribution in [-0.2, 0) is 0 Å². The van der Waals surface area contributed by atoms with Crippen molar-refractivity contribution in [2.24, 2.45) is 0 Å². The highest BCUT2D eigenvalue weighted by Crippen LogP contribution is 2.26. The number of nitro benzene ring substituents is 1. The number of benzene rings is 2. The van der Waals surface area contributed by atoms with Gasteiger partial charge in [0.1, 0.15) is 11.9 Å². The molecule has 0 N–H and O–H groups in total. The van der Waals surface area contributed by atoms with E-state index in [1.54, 1.807) is 12.1 Å². The summed E-state index contributed by atoms with van der Waals surface area (Å²) in [5.74, 6) is 1.07. The van der Waals surface area contributed by atoms with Crippen LogP contribution < -0.4 is 4.74 Å². The summed E-state index contributed by atoms with van der Waals surface area (Å²) < 4.78 is 5.87. The Bertz CT molecular complexity index is 557. The van der Waals surface area contributed by atoms with Crippen molar-refractivity contribution in [1.29, 1.82) is 0 Å². The van der Waals surface area contributed by atoms with Gasteiger partial charge >= 0.3 is 0 Å². The summed E-state index contributed by atoms with van der Waals surface area (Å²) in [5.41, 5.74) is 1.08. The summed E-state index contributed by atoms with van der Waals surface area (Å²) >= 11 is 5.81. The summed E-state index contributed by atoms with van der Waals surface area (Å²) in [5, 5.41) is 10.6. The molecular formula is C15H14ClNO3. The first-order valence-electron chi connectivity index (χ1n) is 6.22. The van der Waals surface area contributed by atoms with Crippen LogP contribution in [0.4, 0.5) is 5.69 Å². The number of nitrogens with zero attached hydrogens (tertiary/aromatic N) is 1. The molecule has 4 nitrogen and oxygen atoms in total. The predicted octanol–water partition coefficient (Wildman–Crippen LogP) is 4.34. The smallest absolute Gasteiger partial charge is 0.269 e. The van der Waals surface area contributed by atoms with Gasteiger partial charge in [-0.25, -0.2) is 0 Å². The van der Waals surface area contributed by atoms with Crippen LogP contribution in [0, 0.1) is 10.1 Å². The van der Waals surface area contributed by atoms with E-state index in [4.69, 9.17) is 16.3 Å². The lowest BCUT2D eigenvalue weighted by Gasteiger charge is -2.18. The zero-order chi connectivity index (χ0) is 14.4. The molecule has 2 aromatic carbocycles. The van der Waals surface area contributed by atoms with Crippen molar-refractivity contribution < 1.29 is 9.66 Å². The molecule has 0 fully saturated rings. The van der Waals surface area contributed by atoms with Gasteiger partial charge in [-0.3, -0.25) is 10.1 Å². The molecule has 20 heavy (non-hydrogen) atoms. The van der Waals surface area contributed by atoms with Crippen LogP contribution in [0.25, 0.3) is 0 Å². The minimum atomic E-state index is -0.433. The Kier molecular flexibility index (Phi) is 4.96. The van der Waals surface area contributed by atoms with Crippen LogP contribution in [0.1, 0.15) is 18.1 Å². The maximum Gasteiger partial charge on any atom is 0.269 e. The van der Waals surface area contributed by atoms with Crippen molar-refractivity contribution in [3.05, 3.63) is 70.3 Å². The molecule has 2 aromatic rings. The first kappa shape index (κ1) is 14.3. The van der Waals surface area contributed by atoms with Crippen LogP contribution in [0.2, 0.25) is 0 Å². The van der Waals surface area contributed by atoms with E-state index < -0.39 is 4.92 Å². The molecule has 0 heterocycles. The number of ether oxygens (including phenoxy) is 1. The molecule has 0 aliphatic carbocycles. The molecule has 5 heteroatoms. The van der Waals surface area contributed by atoms with Gasteiger partial charge in [0.05, 0.1) is 4.92 Å². The minimum Gasteiger partial charge on any atom is -0.486 e. The average molecular weight is 292 g/mol. The highest BCUT2D eigenvalue weighted by molar-refractivity contribution is 6.17. The molecule has 0 aliphatic heterocycles. The first-order valence-corrected chi connectivity index (χ1v) is 6.76. The molecule has 1 atom stereocenters. The fourth-order valence-electron chi connectivity index (χ4n) is 1.87. The van der Waals surface area contributed by atoms with Gasteiger partial charge in [0, 0.05) is 24.4 Å². The molecule has 2 rings (SSSR count). The quantitative estimate of drug-likeness (QED) is 0.452. The standard InChI is InChI=1S/C15H14ClNO3/c16-11-10-15(12-4-2-1-3-5-12)20-14-8-6-13(7-9-14)17(18)19/h1-9,15H,10-11H2/t15-/m0/s1. The van der Waals surface area contributed by atoms with E-state index in [0.717, 1.165) is 5.56 Å². The van der Waals surface area contributed by atoms with Crippen molar-refractivity contribution in [1.82, 2.24) is 0 Å². The molecule has 0 radical (unpaired) electrons. The molecule has 0 saturated carbocycles. The van der Waals surface area contributed by atoms with Crippen LogP contribution >= 0.6 is 11.6 Å². The molecule has 0 spiro atoms. The second kappa shape index (κ2) is 6.91. The lowest BCUT2D eigenvalue weighted by atomic mass is 10.1. The summed E-state index contributed by atoms with van der Waals surface area (Å²) in [6.45, 7) is 0. The molecule has 0 aromatic heterocycles. The SMILES string of the molecule is O=[N+]([O-])c1ccc(O[C@@H](CCCl)c2ccccc2)cc1. The predicted molar refractivity (Wildman–Crippen MR) is 78.2 cm³/mol. The van der Waals surface area contributed by atoms with Gasteiger partial charge in [-0.2, -0.15) is 0 Å². The second-order valence-corrected chi connectivity index (χ2v) is 4.62. The summed E-state index contributed by atoms with van der Waals surface area (Å²) in [7, 11) is 0. The number of halogens is 1. The molecule has 0 amide bonds. The maximum absolute atomic E-state index is 10.6.